The number of aryl methyl sites for hydroxylation is 1. The van der Waals surface area contributed by atoms with Gasteiger partial charge in [0.2, 0.25) is 5.91 Å². The topological polar surface area (TPSA) is 85.2 Å². The minimum absolute atomic E-state index is 0.0480. The van der Waals surface area contributed by atoms with Crippen LogP contribution in [0.15, 0.2) is 48.5 Å². The van der Waals surface area contributed by atoms with Crippen LogP contribution in [0.3, 0.4) is 0 Å². The maximum Gasteiger partial charge on any atom is 0.387 e. The highest BCUT2D eigenvalue weighted by atomic mass is 19.3. The van der Waals surface area contributed by atoms with Gasteiger partial charge in [-0.1, -0.05) is 12.1 Å². The lowest BCUT2D eigenvalue weighted by Gasteiger charge is -2.09. The van der Waals surface area contributed by atoms with Crippen LogP contribution in [0.25, 0.3) is 11.0 Å². The highest BCUT2D eigenvalue weighted by molar-refractivity contribution is 5.96. The lowest BCUT2D eigenvalue weighted by molar-refractivity contribution is -0.120. The summed E-state index contributed by atoms with van der Waals surface area (Å²) >= 11 is 0. The Morgan fingerprint density at radius 2 is 1.83 bits per heavy atom. The maximum absolute atomic E-state index is 12.1. The second-order valence-corrected chi connectivity index (χ2v) is 6.12. The van der Waals surface area contributed by atoms with Gasteiger partial charge in [-0.2, -0.15) is 8.78 Å². The summed E-state index contributed by atoms with van der Waals surface area (Å²) in [5.41, 5.74) is 2.07. The molecule has 0 aliphatic rings. The van der Waals surface area contributed by atoms with Crippen molar-refractivity contribution in [2.24, 2.45) is 0 Å². The molecule has 0 atom stereocenters. The lowest BCUT2D eigenvalue weighted by Crippen LogP contribution is -2.37. The third-order valence-corrected chi connectivity index (χ3v) is 4.24. The quantitative estimate of drug-likeness (QED) is 0.607. The monoisotopic (exact) mass is 402 g/mol. The van der Waals surface area contributed by atoms with E-state index in [9.17, 15) is 18.4 Å². The van der Waals surface area contributed by atoms with Crippen LogP contribution < -0.4 is 15.4 Å². The van der Waals surface area contributed by atoms with Crippen LogP contribution in [0.4, 0.5) is 8.78 Å². The Labute approximate surface area is 165 Å². The van der Waals surface area contributed by atoms with Crippen LogP contribution >= 0.6 is 0 Å². The molecule has 2 amide bonds. The normalized spacial score (nSPS) is 10.9. The molecule has 1 aromatic heterocycles. The van der Waals surface area contributed by atoms with Crippen molar-refractivity contribution >= 4 is 22.8 Å². The third-order valence-electron chi connectivity index (χ3n) is 4.24. The van der Waals surface area contributed by atoms with Gasteiger partial charge >= 0.3 is 6.61 Å². The van der Waals surface area contributed by atoms with Crippen molar-refractivity contribution in [3.63, 3.8) is 0 Å². The number of hydrogen-bond donors (Lipinski definition) is 2. The number of nitrogens with one attached hydrogen (secondary N) is 2. The second kappa shape index (κ2) is 9.13. The predicted octanol–water partition coefficient (Wildman–Crippen LogP) is 2.70. The Kier molecular flexibility index (Phi) is 6.38. The molecule has 152 valence electrons. The first-order valence-electron chi connectivity index (χ1n) is 9.02. The lowest BCUT2D eigenvalue weighted by atomic mass is 10.2. The molecule has 7 nitrogen and oxygen atoms in total. The van der Waals surface area contributed by atoms with E-state index in [-0.39, 0.29) is 30.3 Å². The van der Waals surface area contributed by atoms with Crippen molar-refractivity contribution in [2.75, 3.05) is 6.54 Å². The Bertz CT molecular complexity index is 1000. The fourth-order valence-corrected chi connectivity index (χ4v) is 2.90. The first kappa shape index (κ1) is 20.2. The third kappa shape index (κ3) is 5.07. The van der Waals surface area contributed by atoms with Crippen molar-refractivity contribution in [3.8, 4) is 5.75 Å². The van der Waals surface area contributed by atoms with Crippen molar-refractivity contribution in [2.45, 2.75) is 26.6 Å². The van der Waals surface area contributed by atoms with Gasteiger partial charge in [0.15, 0.2) is 0 Å². The molecule has 0 fully saturated rings. The van der Waals surface area contributed by atoms with Crippen molar-refractivity contribution in [1.82, 2.24) is 20.2 Å². The molecule has 3 rings (SSSR count). The summed E-state index contributed by atoms with van der Waals surface area (Å²) in [6.07, 6.45) is 0. The number of imidazole rings is 1. The molecule has 1 heterocycles. The van der Waals surface area contributed by atoms with Crippen LogP contribution in [0, 0.1) is 0 Å². The summed E-state index contributed by atoms with van der Waals surface area (Å²) < 4.78 is 30.5. The van der Waals surface area contributed by atoms with Gasteiger partial charge in [0, 0.05) is 12.1 Å². The van der Waals surface area contributed by atoms with Crippen LogP contribution in [0.1, 0.15) is 23.1 Å². The van der Waals surface area contributed by atoms with E-state index < -0.39 is 12.5 Å². The molecule has 2 N–H and O–H groups in total. The molecular formula is C20H20F2N4O3. The number of ether oxygens (including phenoxy) is 1. The zero-order valence-electron chi connectivity index (χ0n) is 15.7. The number of carbonyl (C=O) groups is 2. The van der Waals surface area contributed by atoms with E-state index in [1.165, 1.54) is 24.3 Å². The molecule has 9 heteroatoms. The van der Waals surface area contributed by atoms with Gasteiger partial charge in [0.05, 0.1) is 24.1 Å². The fraction of sp³-hybridized carbons (Fsp3) is 0.250. The molecule has 0 spiro atoms. The molecule has 0 unspecified atom stereocenters. The molecule has 2 aromatic carbocycles. The number of nitrogens with zero attached hydrogens (tertiary/aromatic N) is 2. The van der Waals surface area contributed by atoms with Crippen LogP contribution in [0.2, 0.25) is 0 Å². The highest BCUT2D eigenvalue weighted by Crippen LogP contribution is 2.16. The summed E-state index contributed by atoms with van der Waals surface area (Å²) in [6.45, 7) is -0.207. The van der Waals surface area contributed by atoms with Crippen molar-refractivity contribution in [1.29, 1.82) is 0 Å². The fourth-order valence-electron chi connectivity index (χ4n) is 2.90. The average Bonchev–Trinajstić information content (AvgIpc) is 3.08. The molecule has 29 heavy (non-hydrogen) atoms. The van der Waals surface area contributed by atoms with E-state index in [0.29, 0.717) is 6.54 Å². The number of rotatable bonds is 8. The molecule has 0 aliphatic heterocycles. The molecule has 0 radical (unpaired) electrons. The number of aromatic nitrogens is 2. The largest absolute Gasteiger partial charge is 0.435 e. The molecule has 0 saturated carbocycles. The number of para-hydroxylation sites is 2. The highest BCUT2D eigenvalue weighted by Gasteiger charge is 2.12. The maximum atomic E-state index is 12.1. The van der Waals surface area contributed by atoms with Crippen molar-refractivity contribution < 1.29 is 23.1 Å². The number of hydrogen-bond acceptors (Lipinski definition) is 4. The minimum Gasteiger partial charge on any atom is -0.435 e. The van der Waals surface area contributed by atoms with Crippen LogP contribution in [0.5, 0.6) is 5.75 Å². The van der Waals surface area contributed by atoms with Gasteiger partial charge < -0.3 is 19.9 Å². The molecule has 3 aromatic rings. The van der Waals surface area contributed by atoms with E-state index in [0.717, 1.165) is 16.9 Å². The Morgan fingerprint density at radius 1 is 1.10 bits per heavy atom. The smallest absolute Gasteiger partial charge is 0.387 e. The SMILES string of the molecule is CCn1c(CNC(=O)CNC(=O)c2ccc(OC(F)F)cc2)nc2ccccc21. The number of benzene rings is 2. The Balaban J connectivity index is 1.52. The summed E-state index contributed by atoms with van der Waals surface area (Å²) in [6, 6.07) is 12.9. The molecule has 0 saturated heterocycles. The number of amides is 2. The zero-order valence-corrected chi connectivity index (χ0v) is 15.7. The molecular weight excluding hydrogens is 382 g/mol. The summed E-state index contributed by atoms with van der Waals surface area (Å²) in [7, 11) is 0. The van der Waals surface area contributed by atoms with E-state index in [1.54, 1.807) is 0 Å². The number of halogens is 2. The van der Waals surface area contributed by atoms with Gasteiger partial charge in [-0.15, -0.1) is 0 Å². The summed E-state index contributed by atoms with van der Waals surface area (Å²) in [5.74, 6) is -0.189. The molecule has 0 bridgehead atoms. The van der Waals surface area contributed by atoms with Gasteiger partial charge in [-0.3, -0.25) is 9.59 Å². The van der Waals surface area contributed by atoms with E-state index in [4.69, 9.17) is 0 Å². The summed E-state index contributed by atoms with van der Waals surface area (Å²) in [4.78, 5) is 28.7. The Morgan fingerprint density at radius 3 is 2.52 bits per heavy atom. The van der Waals surface area contributed by atoms with Gasteiger partial charge in [-0.05, 0) is 43.3 Å². The minimum atomic E-state index is -2.93. The predicted molar refractivity (Wildman–Crippen MR) is 103 cm³/mol. The van der Waals surface area contributed by atoms with Gasteiger partial charge in [0.1, 0.15) is 11.6 Å². The van der Waals surface area contributed by atoms with Crippen LogP contribution in [-0.2, 0) is 17.9 Å². The zero-order chi connectivity index (χ0) is 20.8. The van der Waals surface area contributed by atoms with E-state index in [1.807, 2.05) is 35.8 Å². The van der Waals surface area contributed by atoms with E-state index in [2.05, 4.69) is 20.4 Å². The Hall–Kier alpha value is -3.49. The van der Waals surface area contributed by atoms with E-state index >= 15 is 0 Å². The van der Waals surface area contributed by atoms with Crippen LogP contribution in [-0.4, -0.2) is 34.5 Å². The average molecular weight is 402 g/mol. The number of carbonyl (C=O) groups excluding carboxylic acids is 2. The first-order chi connectivity index (χ1) is 14.0. The summed E-state index contributed by atoms with van der Waals surface area (Å²) in [5, 5.41) is 5.22. The van der Waals surface area contributed by atoms with Gasteiger partial charge in [0.25, 0.3) is 5.91 Å². The standard InChI is InChI=1S/C20H20F2N4O3/c1-2-26-16-6-4-3-5-15(16)25-17(26)11-23-18(27)12-24-19(28)13-7-9-14(10-8-13)29-20(21)22/h3-10,20H,2,11-12H2,1H3,(H,23,27)(H,24,28). The van der Waals surface area contributed by atoms with Gasteiger partial charge in [-0.25, -0.2) is 4.98 Å². The number of fused-ring (bicyclic) bond motifs is 1. The first-order valence-corrected chi connectivity index (χ1v) is 9.02. The second-order valence-electron chi connectivity index (χ2n) is 6.12. The molecule has 0 aliphatic carbocycles. The number of alkyl halides is 2. The van der Waals surface area contributed by atoms with Crippen molar-refractivity contribution in [3.05, 3.63) is 59.9 Å².